The van der Waals surface area contributed by atoms with Crippen molar-refractivity contribution >= 4 is 0 Å². The Labute approximate surface area is 136 Å². The van der Waals surface area contributed by atoms with Gasteiger partial charge in [-0.2, -0.15) is 0 Å². The van der Waals surface area contributed by atoms with Crippen LogP contribution in [0.25, 0.3) is 16.9 Å². The van der Waals surface area contributed by atoms with E-state index in [0.29, 0.717) is 0 Å². The van der Waals surface area contributed by atoms with Crippen LogP contribution in [0.4, 0.5) is 0 Å². The van der Waals surface area contributed by atoms with Gasteiger partial charge in [-0.25, -0.2) is 0 Å². The van der Waals surface area contributed by atoms with Gasteiger partial charge < -0.3 is 0 Å². The van der Waals surface area contributed by atoms with Crippen molar-refractivity contribution in [3.05, 3.63) is 76.1 Å². The number of hydrogen-bond acceptors (Lipinski definition) is 1. The highest BCUT2D eigenvalue weighted by molar-refractivity contribution is 5.67. The summed E-state index contributed by atoms with van der Waals surface area (Å²) in [5.41, 5.74) is 4.64. The number of aryl methyl sites for hydroxylation is 1. The Morgan fingerprint density at radius 3 is 2.13 bits per heavy atom. The predicted octanol–water partition coefficient (Wildman–Crippen LogP) is 4.44. The molecule has 3 rings (SSSR count). The summed E-state index contributed by atoms with van der Waals surface area (Å²) in [6, 6.07) is 18.2. The van der Waals surface area contributed by atoms with Crippen molar-refractivity contribution in [1.29, 1.82) is 0 Å². The van der Waals surface area contributed by atoms with Crippen molar-refractivity contribution in [1.82, 2.24) is 9.78 Å². The van der Waals surface area contributed by atoms with Crippen LogP contribution in [-0.2, 0) is 5.41 Å². The molecule has 3 heteroatoms. The first-order valence-corrected chi connectivity index (χ1v) is 7.86. The Bertz CT molecular complexity index is 880. The van der Waals surface area contributed by atoms with E-state index in [1.807, 2.05) is 53.2 Å². The van der Waals surface area contributed by atoms with Gasteiger partial charge in [0.05, 0.1) is 16.9 Å². The quantitative estimate of drug-likeness (QED) is 0.747. The van der Waals surface area contributed by atoms with E-state index >= 15 is 0 Å². The lowest BCUT2D eigenvalue weighted by atomic mass is 9.85. The van der Waals surface area contributed by atoms with Crippen molar-refractivity contribution in [2.24, 2.45) is 0 Å². The van der Waals surface area contributed by atoms with Gasteiger partial charge in [0.1, 0.15) is 0 Å². The zero-order valence-electron chi connectivity index (χ0n) is 14.1. The van der Waals surface area contributed by atoms with Crippen molar-refractivity contribution in [3.8, 4) is 16.9 Å². The Morgan fingerprint density at radius 1 is 0.913 bits per heavy atom. The topological polar surface area (TPSA) is 37.8 Å². The van der Waals surface area contributed by atoms with Crippen LogP contribution in [0.2, 0.25) is 0 Å². The second-order valence-corrected chi connectivity index (χ2v) is 6.90. The van der Waals surface area contributed by atoms with E-state index in [9.17, 15) is 4.79 Å². The molecule has 1 heterocycles. The molecule has 0 aliphatic carbocycles. The first-order valence-electron chi connectivity index (χ1n) is 7.86. The molecular weight excluding hydrogens is 284 g/mol. The van der Waals surface area contributed by atoms with Crippen LogP contribution in [0.3, 0.4) is 0 Å². The molecule has 3 nitrogen and oxygen atoms in total. The summed E-state index contributed by atoms with van der Waals surface area (Å²) in [6.07, 6.45) is 0. The second kappa shape index (κ2) is 5.58. The van der Waals surface area contributed by atoms with Gasteiger partial charge in [0.15, 0.2) is 0 Å². The maximum Gasteiger partial charge on any atom is 0.268 e. The van der Waals surface area contributed by atoms with E-state index in [0.717, 1.165) is 28.1 Å². The van der Waals surface area contributed by atoms with Gasteiger partial charge in [0.2, 0.25) is 0 Å². The largest absolute Gasteiger partial charge is 0.268 e. The standard InChI is InChI=1S/C20H22N2O/c1-14-10-8-9-13-16(14)22-18(15-11-6-5-7-12-15)17(19(23)21-22)20(2,3)4/h5-13H,1-4H3,(H,21,23). The normalized spacial score (nSPS) is 11.7. The molecule has 23 heavy (non-hydrogen) atoms. The Hall–Kier alpha value is -2.55. The molecule has 1 N–H and O–H groups in total. The zero-order chi connectivity index (χ0) is 16.6. The third kappa shape index (κ3) is 2.74. The first kappa shape index (κ1) is 15.3. The van der Waals surface area contributed by atoms with Crippen LogP contribution in [0.5, 0.6) is 0 Å². The van der Waals surface area contributed by atoms with E-state index in [1.54, 1.807) is 0 Å². The highest BCUT2D eigenvalue weighted by Crippen LogP contribution is 2.32. The summed E-state index contributed by atoms with van der Waals surface area (Å²) < 4.78 is 1.92. The van der Waals surface area contributed by atoms with Crippen molar-refractivity contribution in [3.63, 3.8) is 0 Å². The summed E-state index contributed by atoms with van der Waals surface area (Å²) in [5, 5.41) is 3.04. The molecular formula is C20H22N2O. The molecule has 0 bridgehead atoms. The number of para-hydroxylation sites is 1. The Kier molecular flexibility index (Phi) is 3.72. The average Bonchev–Trinajstić information content (AvgIpc) is 2.86. The molecule has 0 spiro atoms. The highest BCUT2D eigenvalue weighted by atomic mass is 16.1. The lowest BCUT2D eigenvalue weighted by molar-refractivity contribution is 0.587. The van der Waals surface area contributed by atoms with E-state index in [4.69, 9.17) is 0 Å². The molecule has 0 aliphatic heterocycles. The number of nitrogens with zero attached hydrogens (tertiary/aromatic N) is 1. The second-order valence-electron chi connectivity index (χ2n) is 6.90. The SMILES string of the molecule is Cc1ccccc1-n1[nH]c(=O)c(C(C)(C)C)c1-c1ccccc1. The van der Waals surface area contributed by atoms with E-state index in [-0.39, 0.29) is 11.0 Å². The predicted molar refractivity (Wildman–Crippen MR) is 95.3 cm³/mol. The van der Waals surface area contributed by atoms with Crippen molar-refractivity contribution in [2.75, 3.05) is 0 Å². The molecule has 0 saturated carbocycles. The molecule has 0 unspecified atom stereocenters. The molecule has 0 aliphatic rings. The van der Waals surface area contributed by atoms with Gasteiger partial charge in [0, 0.05) is 5.56 Å². The maximum atomic E-state index is 12.7. The Morgan fingerprint density at radius 2 is 1.52 bits per heavy atom. The van der Waals surface area contributed by atoms with Crippen LogP contribution in [-0.4, -0.2) is 9.78 Å². The number of rotatable bonds is 2. The molecule has 3 aromatic rings. The molecule has 0 atom stereocenters. The molecule has 0 fully saturated rings. The van der Waals surface area contributed by atoms with Gasteiger partial charge >= 0.3 is 0 Å². The van der Waals surface area contributed by atoms with Crippen LogP contribution < -0.4 is 5.56 Å². The average molecular weight is 306 g/mol. The zero-order valence-corrected chi connectivity index (χ0v) is 14.1. The molecule has 0 radical (unpaired) electrons. The summed E-state index contributed by atoms with van der Waals surface area (Å²) in [4.78, 5) is 12.7. The molecule has 1 aromatic heterocycles. The van der Waals surface area contributed by atoms with E-state index in [1.165, 1.54) is 0 Å². The smallest absolute Gasteiger partial charge is 0.268 e. The summed E-state index contributed by atoms with van der Waals surface area (Å²) in [5.74, 6) is 0. The minimum absolute atomic E-state index is 0.0281. The number of aromatic amines is 1. The Balaban J connectivity index is 2.39. The maximum absolute atomic E-state index is 12.7. The molecule has 118 valence electrons. The van der Waals surface area contributed by atoms with E-state index in [2.05, 4.69) is 38.9 Å². The van der Waals surface area contributed by atoms with Gasteiger partial charge in [0.25, 0.3) is 5.56 Å². The highest BCUT2D eigenvalue weighted by Gasteiger charge is 2.27. The van der Waals surface area contributed by atoms with E-state index < -0.39 is 0 Å². The first-order chi connectivity index (χ1) is 10.9. The number of hydrogen-bond donors (Lipinski definition) is 1. The van der Waals surface area contributed by atoms with Crippen LogP contribution >= 0.6 is 0 Å². The molecule has 2 aromatic carbocycles. The third-order valence-electron chi connectivity index (χ3n) is 4.05. The minimum atomic E-state index is -0.243. The van der Waals surface area contributed by atoms with Crippen molar-refractivity contribution in [2.45, 2.75) is 33.1 Å². The van der Waals surface area contributed by atoms with Gasteiger partial charge in [-0.05, 0) is 24.0 Å². The van der Waals surface area contributed by atoms with Gasteiger partial charge in [-0.1, -0.05) is 69.3 Å². The summed E-state index contributed by atoms with van der Waals surface area (Å²) in [7, 11) is 0. The van der Waals surface area contributed by atoms with Crippen LogP contribution in [0.15, 0.2) is 59.4 Å². The molecule has 0 amide bonds. The van der Waals surface area contributed by atoms with Crippen molar-refractivity contribution < 1.29 is 0 Å². The van der Waals surface area contributed by atoms with Gasteiger partial charge in [-0.3, -0.25) is 14.6 Å². The number of benzene rings is 2. The van der Waals surface area contributed by atoms with Crippen LogP contribution in [0.1, 0.15) is 31.9 Å². The van der Waals surface area contributed by atoms with Crippen LogP contribution in [0, 0.1) is 6.92 Å². The number of aromatic nitrogens is 2. The lowest BCUT2D eigenvalue weighted by Crippen LogP contribution is -2.21. The number of H-pyrrole nitrogens is 1. The fourth-order valence-corrected chi connectivity index (χ4v) is 2.99. The fraction of sp³-hybridized carbons (Fsp3) is 0.250. The lowest BCUT2D eigenvalue weighted by Gasteiger charge is -2.20. The monoisotopic (exact) mass is 306 g/mol. The summed E-state index contributed by atoms with van der Waals surface area (Å²) >= 11 is 0. The summed E-state index contributed by atoms with van der Waals surface area (Å²) in [6.45, 7) is 8.28. The third-order valence-corrected chi connectivity index (χ3v) is 4.05. The fourth-order valence-electron chi connectivity index (χ4n) is 2.99. The van der Waals surface area contributed by atoms with Gasteiger partial charge in [-0.15, -0.1) is 0 Å². The minimum Gasteiger partial charge on any atom is -0.268 e. The molecule has 0 saturated heterocycles. The number of nitrogens with one attached hydrogen (secondary N) is 1.